The number of rotatable bonds is 5. The van der Waals surface area contributed by atoms with Gasteiger partial charge in [0.05, 0.1) is 17.3 Å². The van der Waals surface area contributed by atoms with Crippen molar-refractivity contribution in [3.05, 3.63) is 61.2 Å². The zero-order valence-electron chi connectivity index (χ0n) is 13.8. The average Bonchev–Trinajstić information content (AvgIpc) is 2.91. The number of hydrogen-bond acceptors (Lipinski definition) is 6. The molecule has 1 N–H and O–H groups in total. The Bertz CT molecular complexity index is 1030. The maximum absolute atomic E-state index is 12.1. The average molecular weight is 359 g/mol. The third kappa shape index (κ3) is 3.69. The van der Waals surface area contributed by atoms with Crippen LogP contribution in [0.15, 0.2) is 39.2 Å². The Morgan fingerprint density at radius 3 is 2.84 bits per heavy atom. The Balaban J connectivity index is 1.69. The fourth-order valence-electron chi connectivity index (χ4n) is 2.49. The summed E-state index contributed by atoms with van der Waals surface area (Å²) in [5.41, 5.74) is 1.09. The number of carbonyl (C=O) groups is 1. The number of carbonyl (C=O) groups excluding carboxylic acids is 1. The fourth-order valence-corrected chi connectivity index (χ4v) is 3.25. The molecule has 2 heterocycles. The van der Waals surface area contributed by atoms with Crippen molar-refractivity contribution in [2.24, 2.45) is 0 Å². The molecule has 2 aromatic heterocycles. The Morgan fingerprint density at radius 1 is 1.36 bits per heavy atom. The van der Waals surface area contributed by atoms with E-state index in [0.717, 1.165) is 17.0 Å². The van der Waals surface area contributed by atoms with E-state index in [1.165, 1.54) is 4.57 Å². The lowest BCUT2D eigenvalue weighted by Gasteiger charge is -2.13. The molecule has 0 bridgehead atoms. The SMILES string of the molecule is Cc1csc(=O)n1CCC(=O)O[C@@H](C)c1nc2ccccc2c(=O)[nH]1. The second kappa shape index (κ2) is 7.02. The summed E-state index contributed by atoms with van der Waals surface area (Å²) < 4.78 is 6.87. The van der Waals surface area contributed by atoms with Gasteiger partial charge in [-0.1, -0.05) is 23.5 Å². The van der Waals surface area contributed by atoms with Crippen molar-refractivity contribution in [1.82, 2.24) is 14.5 Å². The maximum Gasteiger partial charge on any atom is 0.308 e. The van der Waals surface area contributed by atoms with E-state index in [1.807, 2.05) is 6.92 Å². The lowest BCUT2D eigenvalue weighted by molar-refractivity contribution is -0.149. The summed E-state index contributed by atoms with van der Waals surface area (Å²) in [6, 6.07) is 6.96. The van der Waals surface area contributed by atoms with Crippen LogP contribution in [0.4, 0.5) is 0 Å². The molecular weight excluding hydrogens is 342 g/mol. The number of nitrogens with one attached hydrogen (secondary N) is 1. The number of aromatic nitrogens is 3. The van der Waals surface area contributed by atoms with E-state index in [2.05, 4.69) is 9.97 Å². The summed E-state index contributed by atoms with van der Waals surface area (Å²) in [4.78, 5) is 42.6. The van der Waals surface area contributed by atoms with Gasteiger partial charge >= 0.3 is 10.8 Å². The molecule has 3 aromatic rings. The summed E-state index contributed by atoms with van der Waals surface area (Å²) in [5, 5.41) is 2.23. The molecular formula is C17H17N3O4S. The maximum atomic E-state index is 12.1. The Hall–Kier alpha value is -2.74. The van der Waals surface area contributed by atoms with Gasteiger partial charge in [-0.15, -0.1) is 0 Å². The molecule has 0 amide bonds. The van der Waals surface area contributed by atoms with E-state index in [1.54, 1.807) is 36.6 Å². The summed E-state index contributed by atoms with van der Waals surface area (Å²) in [6.07, 6.45) is -0.621. The van der Waals surface area contributed by atoms with Gasteiger partial charge in [0.25, 0.3) is 5.56 Å². The van der Waals surface area contributed by atoms with E-state index in [0.29, 0.717) is 16.7 Å². The van der Waals surface area contributed by atoms with E-state index >= 15 is 0 Å². The molecule has 130 valence electrons. The number of para-hydroxylation sites is 1. The van der Waals surface area contributed by atoms with Gasteiger partial charge in [-0.05, 0) is 26.0 Å². The number of hydrogen-bond donors (Lipinski definition) is 1. The normalized spacial score (nSPS) is 12.2. The van der Waals surface area contributed by atoms with Crippen LogP contribution in [0.25, 0.3) is 10.9 Å². The van der Waals surface area contributed by atoms with E-state index in [4.69, 9.17) is 4.74 Å². The number of nitrogens with zero attached hydrogens (tertiary/aromatic N) is 2. The largest absolute Gasteiger partial charge is 0.454 e. The highest BCUT2D eigenvalue weighted by Crippen LogP contribution is 2.15. The number of H-pyrrole nitrogens is 1. The van der Waals surface area contributed by atoms with Gasteiger partial charge < -0.3 is 14.3 Å². The van der Waals surface area contributed by atoms with Crippen molar-refractivity contribution >= 4 is 28.2 Å². The van der Waals surface area contributed by atoms with Gasteiger partial charge in [0.1, 0.15) is 0 Å². The molecule has 0 fully saturated rings. The van der Waals surface area contributed by atoms with Crippen molar-refractivity contribution in [2.75, 3.05) is 0 Å². The molecule has 7 nitrogen and oxygen atoms in total. The van der Waals surface area contributed by atoms with Crippen LogP contribution >= 0.6 is 11.3 Å². The summed E-state index contributed by atoms with van der Waals surface area (Å²) in [6.45, 7) is 3.73. The van der Waals surface area contributed by atoms with E-state index < -0.39 is 12.1 Å². The van der Waals surface area contributed by atoms with Gasteiger partial charge in [-0.3, -0.25) is 14.4 Å². The third-order valence-corrected chi connectivity index (χ3v) is 4.72. The first kappa shape index (κ1) is 17.1. The molecule has 0 aliphatic rings. The Morgan fingerprint density at radius 2 is 2.12 bits per heavy atom. The number of thiazole rings is 1. The first-order valence-corrected chi connectivity index (χ1v) is 8.67. The van der Waals surface area contributed by atoms with E-state index in [-0.39, 0.29) is 23.4 Å². The summed E-state index contributed by atoms with van der Waals surface area (Å²) in [5.74, 6) is -0.165. The number of aromatic amines is 1. The number of ether oxygens (including phenoxy) is 1. The third-order valence-electron chi connectivity index (χ3n) is 3.84. The lowest BCUT2D eigenvalue weighted by atomic mass is 10.2. The summed E-state index contributed by atoms with van der Waals surface area (Å²) in [7, 11) is 0. The zero-order chi connectivity index (χ0) is 18.0. The molecule has 1 atom stereocenters. The molecule has 3 rings (SSSR count). The molecule has 0 aliphatic carbocycles. The number of benzene rings is 1. The van der Waals surface area contributed by atoms with Crippen LogP contribution in [-0.4, -0.2) is 20.5 Å². The number of esters is 1. The van der Waals surface area contributed by atoms with Crippen LogP contribution in [0.3, 0.4) is 0 Å². The highest BCUT2D eigenvalue weighted by molar-refractivity contribution is 7.07. The minimum absolute atomic E-state index is 0.0691. The lowest BCUT2D eigenvalue weighted by Crippen LogP contribution is -2.20. The number of aryl methyl sites for hydroxylation is 1. The van der Waals surface area contributed by atoms with Gasteiger partial charge in [-0.2, -0.15) is 0 Å². The first-order valence-electron chi connectivity index (χ1n) is 7.79. The van der Waals surface area contributed by atoms with Crippen molar-refractivity contribution < 1.29 is 9.53 Å². The molecule has 0 saturated carbocycles. The smallest absolute Gasteiger partial charge is 0.308 e. The van der Waals surface area contributed by atoms with Gasteiger partial charge in [0.15, 0.2) is 11.9 Å². The van der Waals surface area contributed by atoms with Crippen LogP contribution in [-0.2, 0) is 16.1 Å². The van der Waals surface area contributed by atoms with Crippen LogP contribution in [0.2, 0.25) is 0 Å². The van der Waals surface area contributed by atoms with Crippen molar-refractivity contribution in [3.63, 3.8) is 0 Å². The minimum Gasteiger partial charge on any atom is -0.454 e. The van der Waals surface area contributed by atoms with Crippen LogP contribution in [0.5, 0.6) is 0 Å². The van der Waals surface area contributed by atoms with Crippen LogP contribution in [0, 0.1) is 6.92 Å². The first-order chi connectivity index (χ1) is 12.0. The molecule has 25 heavy (non-hydrogen) atoms. The molecule has 1 aromatic carbocycles. The monoisotopic (exact) mass is 359 g/mol. The topological polar surface area (TPSA) is 94.0 Å². The fraction of sp³-hybridized carbons (Fsp3) is 0.294. The van der Waals surface area contributed by atoms with Crippen molar-refractivity contribution in [3.8, 4) is 0 Å². The van der Waals surface area contributed by atoms with Gasteiger partial charge in [0, 0.05) is 17.6 Å². The standard InChI is InChI=1S/C17H17N3O4S/c1-10-9-25-17(23)20(10)8-7-14(21)24-11(2)15-18-13-6-4-3-5-12(13)16(22)19-15/h3-6,9,11H,7-8H2,1-2H3,(H,18,19,22)/t11-/m0/s1. The predicted octanol–water partition coefficient (Wildman–Crippen LogP) is 2.15. The zero-order valence-corrected chi connectivity index (χ0v) is 14.6. The molecule has 0 saturated heterocycles. The summed E-state index contributed by atoms with van der Waals surface area (Å²) >= 11 is 1.10. The molecule has 0 spiro atoms. The number of fused-ring (bicyclic) bond motifs is 1. The highest BCUT2D eigenvalue weighted by atomic mass is 32.1. The minimum atomic E-state index is -0.690. The van der Waals surface area contributed by atoms with Gasteiger partial charge in [0.2, 0.25) is 0 Å². The van der Waals surface area contributed by atoms with Crippen molar-refractivity contribution in [2.45, 2.75) is 32.9 Å². The highest BCUT2D eigenvalue weighted by Gasteiger charge is 2.16. The second-order valence-corrected chi connectivity index (χ2v) is 6.47. The molecule has 0 aliphatic heterocycles. The van der Waals surface area contributed by atoms with Crippen LogP contribution in [0.1, 0.15) is 31.0 Å². The molecule has 0 unspecified atom stereocenters. The van der Waals surface area contributed by atoms with Gasteiger partial charge in [-0.25, -0.2) is 4.98 Å². The van der Waals surface area contributed by atoms with Crippen molar-refractivity contribution in [1.29, 1.82) is 0 Å². The predicted molar refractivity (Wildman–Crippen MR) is 94.8 cm³/mol. The second-order valence-electron chi connectivity index (χ2n) is 5.65. The quantitative estimate of drug-likeness (QED) is 0.705. The van der Waals surface area contributed by atoms with E-state index in [9.17, 15) is 14.4 Å². The molecule has 8 heteroatoms. The Labute approximate surface area is 146 Å². The van der Waals surface area contributed by atoms with Crippen LogP contribution < -0.4 is 10.4 Å². The Kier molecular flexibility index (Phi) is 4.80. The molecule has 0 radical (unpaired) electrons.